The second-order valence-electron chi connectivity index (χ2n) is 19.1. The van der Waals surface area contributed by atoms with Gasteiger partial charge in [-0.25, -0.2) is 32.3 Å². The van der Waals surface area contributed by atoms with Crippen molar-refractivity contribution in [2.45, 2.75) is 126 Å². The Morgan fingerprint density at radius 2 is 1.70 bits per heavy atom. The molecule has 21 heteroatoms. The number of hydrogen-bond donors (Lipinski definition) is 4. The minimum atomic E-state index is -4.65. The summed E-state index contributed by atoms with van der Waals surface area (Å²) < 4.78 is 96.2. The number of benzene rings is 2. The van der Waals surface area contributed by atoms with Crippen LogP contribution in [0, 0.1) is 18.7 Å². The van der Waals surface area contributed by atoms with Crippen molar-refractivity contribution in [1.82, 2.24) is 34.0 Å². The number of aryl methyl sites for hydroxylation is 2. The van der Waals surface area contributed by atoms with Gasteiger partial charge in [0.2, 0.25) is 27.8 Å². The van der Waals surface area contributed by atoms with E-state index in [4.69, 9.17) is 4.74 Å². The van der Waals surface area contributed by atoms with Gasteiger partial charge in [-0.05, 0) is 120 Å². The molecule has 16 nitrogen and oxygen atoms in total. The Morgan fingerprint density at radius 1 is 1.00 bits per heavy atom. The molecular formula is C46H59F4N9O7S. The Bertz CT molecular complexity index is 2670. The minimum absolute atomic E-state index is 0.00714. The summed E-state index contributed by atoms with van der Waals surface area (Å²) in [6.07, 6.45) is 1.38. The molecule has 67 heavy (non-hydrogen) atoms. The highest BCUT2D eigenvalue weighted by atomic mass is 32.2. The first-order valence-electron chi connectivity index (χ1n) is 23.1. The lowest BCUT2D eigenvalue weighted by Crippen LogP contribution is -2.48. The van der Waals surface area contributed by atoms with Gasteiger partial charge in [-0.1, -0.05) is 0 Å². The van der Waals surface area contributed by atoms with Crippen LogP contribution in [0.25, 0.3) is 11.0 Å². The van der Waals surface area contributed by atoms with Gasteiger partial charge >= 0.3 is 11.9 Å². The Kier molecular flexibility index (Phi) is 13.9. The van der Waals surface area contributed by atoms with E-state index in [-0.39, 0.29) is 47.6 Å². The second-order valence-corrected chi connectivity index (χ2v) is 20.8. The number of aliphatic hydroxyl groups is 1. The second kappa shape index (κ2) is 19.2. The highest BCUT2D eigenvalue weighted by Gasteiger charge is 2.40. The lowest BCUT2D eigenvalue weighted by Gasteiger charge is -2.39. The zero-order chi connectivity index (χ0) is 48.0. The largest absolute Gasteiger partial charge is 0.419 e. The average Bonchev–Trinajstić information content (AvgIpc) is 3.52. The van der Waals surface area contributed by atoms with Gasteiger partial charge in [0, 0.05) is 70.0 Å². The maximum Gasteiger partial charge on any atom is 0.419 e. The first kappa shape index (κ1) is 48.5. The number of carbonyl (C=O) groups excluding carboxylic acids is 2. The van der Waals surface area contributed by atoms with Crippen LogP contribution in [0.1, 0.15) is 107 Å². The van der Waals surface area contributed by atoms with Crippen molar-refractivity contribution in [3.05, 3.63) is 69.7 Å². The van der Waals surface area contributed by atoms with Gasteiger partial charge in [-0.2, -0.15) is 13.2 Å². The zero-order valence-corrected chi connectivity index (χ0v) is 39.0. The monoisotopic (exact) mass is 957 g/mol. The molecule has 0 bridgehead atoms. The predicted octanol–water partition coefficient (Wildman–Crippen LogP) is 5.79. The molecule has 4 N–H and O–H groups in total. The number of piperazine rings is 1. The van der Waals surface area contributed by atoms with E-state index in [1.807, 2.05) is 4.90 Å². The van der Waals surface area contributed by atoms with Gasteiger partial charge in [0.1, 0.15) is 11.6 Å². The van der Waals surface area contributed by atoms with Crippen molar-refractivity contribution < 1.29 is 45.4 Å². The van der Waals surface area contributed by atoms with E-state index in [1.54, 1.807) is 32.9 Å². The average molecular weight is 958 g/mol. The molecule has 0 spiro atoms. The first-order valence-corrected chi connectivity index (χ1v) is 24.5. The summed E-state index contributed by atoms with van der Waals surface area (Å²) in [5.74, 6) is -1.56. The number of carbonyl (C=O) groups is 2. The van der Waals surface area contributed by atoms with E-state index in [0.717, 1.165) is 51.5 Å². The summed E-state index contributed by atoms with van der Waals surface area (Å²) in [4.78, 5) is 50.1. The molecule has 4 aromatic rings. The summed E-state index contributed by atoms with van der Waals surface area (Å²) in [5, 5.41) is 15.6. The molecule has 364 valence electrons. The summed E-state index contributed by atoms with van der Waals surface area (Å²) in [6.45, 7) is 8.85. The van der Waals surface area contributed by atoms with Crippen LogP contribution in [0.4, 0.5) is 34.9 Å². The van der Waals surface area contributed by atoms with Crippen molar-refractivity contribution in [3.63, 3.8) is 0 Å². The number of rotatable bonds is 13. The Morgan fingerprint density at radius 3 is 2.36 bits per heavy atom. The third-order valence-corrected chi connectivity index (χ3v) is 15.6. The summed E-state index contributed by atoms with van der Waals surface area (Å²) >= 11 is 0. The van der Waals surface area contributed by atoms with Crippen LogP contribution in [0.5, 0.6) is 0 Å². The van der Waals surface area contributed by atoms with Crippen molar-refractivity contribution in [2.24, 2.45) is 13.0 Å². The minimum Gasteiger partial charge on any atom is -0.390 e. The van der Waals surface area contributed by atoms with E-state index in [2.05, 4.69) is 30.2 Å². The Hall–Kier alpha value is -4.96. The molecule has 8 rings (SSSR count). The molecule has 2 aromatic heterocycles. The molecule has 2 saturated carbocycles. The van der Waals surface area contributed by atoms with Crippen molar-refractivity contribution in [1.29, 1.82) is 0 Å². The molecule has 2 aromatic carbocycles. The number of fused-ring (bicyclic) bond motifs is 1. The highest BCUT2D eigenvalue weighted by Crippen LogP contribution is 2.42. The number of halogens is 4. The maximum absolute atomic E-state index is 16.1. The van der Waals surface area contributed by atoms with Crippen LogP contribution in [0.2, 0.25) is 0 Å². The number of sulfonamides is 1. The fourth-order valence-corrected chi connectivity index (χ4v) is 11.4. The molecule has 4 heterocycles. The van der Waals surface area contributed by atoms with Crippen molar-refractivity contribution in [2.75, 3.05) is 49.5 Å². The molecule has 4 aliphatic rings. The molecular weight excluding hydrogens is 899 g/mol. The number of alkyl halides is 3. The van der Waals surface area contributed by atoms with E-state index in [1.165, 1.54) is 34.4 Å². The number of amides is 2. The van der Waals surface area contributed by atoms with Crippen LogP contribution >= 0.6 is 0 Å². The van der Waals surface area contributed by atoms with E-state index in [9.17, 15) is 41.1 Å². The van der Waals surface area contributed by atoms with Gasteiger partial charge in [-0.3, -0.25) is 28.9 Å². The van der Waals surface area contributed by atoms with Gasteiger partial charge in [-0.15, -0.1) is 0 Å². The number of imide groups is 1. The topological polar surface area (TPSA) is 193 Å². The molecule has 2 aliphatic carbocycles. The fourth-order valence-electron chi connectivity index (χ4n) is 10.1. The molecule has 1 unspecified atom stereocenters. The number of anilines is 3. The quantitative estimate of drug-likeness (QED) is 0.0933. The van der Waals surface area contributed by atoms with E-state index >= 15 is 4.39 Å². The number of nitrogens with one attached hydrogen (secondary N) is 3. The summed E-state index contributed by atoms with van der Waals surface area (Å²) in [7, 11) is -2.46. The van der Waals surface area contributed by atoms with Gasteiger partial charge in [0.25, 0.3) is 0 Å². The van der Waals surface area contributed by atoms with Crippen molar-refractivity contribution in [3.8, 4) is 0 Å². The smallest absolute Gasteiger partial charge is 0.390 e. The van der Waals surface area contributed by atoms with E-state index in [0.29, 0.717) is 67.1 Å². The molecule has 0 radical (unpaired) electrons. The third-order valence-electron chi connectivity index (χ3n) is 14.0. The Labute approximate surface area is 386 Å². The van der Waals surface area contributed by atoms with Crippen LogP contribution in [-0.4, -0.2) is 106 Å². The van der Waals surface area contributed by atoms with Crippen LogP contribution in [0.3, 0.4) is 0 Å². The Balaban J connectivity index is 0.786. The normalized spacial score (nSPS) is 25.1. The summed E-state index contributed by atoms with van der Waals surface area (Å²) in [6, 6.07) is 6.33. The standard InChI is InChI=1S/C46H59F4N9O7S/c1-27-23-32(9-10-34(27)52-43-51-24-33(46(48,49)50)40(54-43)30-15-17-45(3,63)18-16-30)67(64,65)55-28(2)26-66-31-7-5-29(6-8-31)25-57-19-21-58(22-20-57)35-11-12-36-41(39(35)47)56(4)44(62)59(36)37-13-14-38(60)53-42(37)61/h9-12,23-24,28-31,37,55,63H,5-8,13-22,25-26H2,1-4H3,(H,51,52,54)(H,53,60,61)/t28-,29?,30?,31?,37?,45?/m0/s1. The summed E-state index contributed by atoms with van der Waals surface area (Å²) in [5.41, 5.74) is -0.687. The lowest BCUT2D eigenvalue weighted by atomic mass is 9.78. The molecule has 2 atom stereocenters. The zero-order valence-electron chi connectivity index (χ0n) is 38.2. The lowest BCUT2D eigenvalue weighted by molar-refractivity contribution is -0.139. The maximum atomic E-state index is 16.1. The molecule has 2 saturated heterocycles. The number of aromatic nitrogens is 4. The van der Waals surface area contributed by atoms with E-state index < -0.39 is 68.7 Å². The van der Waals surface area contributed by atoms with Gasteiger partial charge in [0.15, 0.2) is 5.82 Å². The van der Waals surface area contributed by atoms with Gasteiger partial charge < -0.3 is 20.1 Å². The molecule has 4 fully saturated rings. The number of imidazole rings is 1. The number of nitrogens with zero attached hydrogens (tertiary/aromatic N) is 6. The number of hydrogen-bond acceptors (Lipinski definition) is 12. The van der Waals surface area contributed by atoms with Crippen LogP contribution < -0.4 is 25.9 Å². The fraction of sp³-hybridized carbons (Fsp3) is 0.587. The third kappa shape index (κ3) is 10.7. The van der Waals surface area contributed by atoms with Gasteiger partial charge in [0.05, 0.1) is 45.7 Å². The van der Waals surface area contributed by atoms with Crippen LogP contribution in [0.15, 0.2) is 46.2 Å². The predicted molar refractivity (Wildman–Crippen MR) is 242 cm³/mol. The first-order chi connectivity index (χ1) is 31.7. The molecule has 2 amide bonds. The number of ether oxygens (including phenoxy) is 1. The van der Waals surface area contributed by atoms with Crippen molar-refractivity contribution >= 4 is 50.2 Å². The highest BCUT2D eigenvalue weighted by molar-refractivity contribution is 7.89. The SMILES string of the molecule is Cc1cc(S(=O)(=O)N[C@@H](C)COC2CCC(CN3CCN(c4ccc5c(c4F)n(C)c(=O)n5C4CCC(=O)NC4=O)CC3)CC2)ccc1Nc1ncc(C(F)(F)F)c(C2CCC(C)(O)CC2)n1. The van der Waals surface area contributed by atoms with Crippen LogP contribution in [-0.2, 0) is 37.6 Å². The molecule has 2 aliphatic heterocycles. The number of piperidine rings is 1.